The van der Waals surface area contributed by atoms with Crippen LogP contribution in [0.4, 0.5) is 0 Å². The van der Waals surface area contributed by atoms with Crippen molar-refractivity contribution < 1.29 is 14.3 Å². The molecule has 1 saturated heterocycles. The summed E-state index contributed by atoms with van der Waals surface area (Å²) in [5.41, 5.74) is 1.72. The van der Waals surface area contributed by atoms with E-state index in [1.54, 1.807) is 14.2 Å². The molecule has 4 rings (SSSR count). The largest absolute Gasteiger partial charge is 0.493 e. The summed E-state index contributed by atoms with van der Waals surface area (Å²) in [5, 5.41) is 0. The van der Waals surface area contributed by atoms with Gasteiger partial charge in [-0.1, -0.05) is 25.0 Å². The molecule has 1 aliphatic carbocycles. The lowest BCUT2D eigenvalue weighted by atomic mass is 9.86. The Hall–Kier alpha value is -2.01. The number of hydrogen-bond donors (Lipinski definition) is 0. The van der Waals surface area contributed by atoms with E-state index in [1.165, 1.54) is 45.2 Å². The van der Waals surface area contributed by atoms with E-state index >= 15 is 0 Å². The van der Waals surface area contributed by atoms with Gasteiger partial charge in [-0.3, -0.25) is 9.69 Å². The number of nitrogens with zero attached hydrogens (tertiary/aromatic N) is 2. The molecule has 0 bridgehead atoms. The average molecular weight is 385 g/mol. The first kappa shape index (κ1) is 19.3. The zero-order chi connectivity index (χ0) is 19.5. The van der Waals surface area contributed by atoms with Gasteiger partial charge in [0.1, 0.15) is 0 Å². The maximum absolute atomic E-state index is 13.5. The van der Waals surface area contributed by atoms with E-state index in [0.29, 0.717) is 23.6 Å². The number of methoxy groups -OCH3 is 2. The third-order valence-electron chi connectivity index (χ3n) is 6.61. The van der Waals surface area contributed by atoms with Gasteiger partial charge in [-0.15, -0.1) is 0 Å². The Bertz CT molecular complexity index is 739. The van der Waals surface area contributed by atoms with E-state index in [9.17, 15) is 4.79 Å². The quantitative estimate of drug-likeness (QED) is 0.776. The summed E-state index contributed by atoms with van der Waals surface area (Å²) in [6.07, 6.45) is 10.5. The summed E-state index contributed by atoms with van der Waals surface area (Å²) in [5.74, 6) is 1.53. The lowest BCUT2D eigenvalue weighted by Crippen LogP contribution is -2.55. The Morgan fingerprint density at radius 2 is 1.61 bits per heavy atom. The normalized spacial score (nSPS) is 26.3. The highest BCUT2D eigenvalue weighted by Gasteiger charge is 2.38. The molecule has 1 amide bonds. The molecule has 2 atom stereocenters. The van der Waals surface area contributed by atoms with E-state index in [1.807, 2.05) is 18.2 Å². The maximum Gasteiger partial charge on any atom is 0.254 e. The highest BCUT2D eigenvalue weighted by molar-refractivity contribution is 6.20. The fourth-order valence-corrected chi connectivity index (χ4v) is 5.21. The number of benzene rings is 1. The summed E-state index contributed by atoms with van der Waals surface area (Å²) in [4.78, 5) is 18.3. The van der Waals surface area contributed by atoms with Crippen molar-refractivity contribution >= 4 is 11.5 Å². The SMILES string of the molecule is COc1ccc(C2=CCCN([C@@H]3CCCC[C@H]3N3CCCC3)C2=O)cc1OC. The standard InChI is InChI=1S/C23H32N2O3/c1-27-21-12-11-17(16-22(21)28-2)18-8-7-15-25(23(18)26)20-10-4-3-9-19(20)24-13-5-6-14-24/h8,11-12,16,19-20H,3-7,9-10,13-15H2,1-2H3/t19-,20-/m1/s1. The van der Waals surface area contributed by atoms with Crippen LogP contribution in [0.3, 0.4) is 0 Å². The summed E-state index contributed by atoms with van der Waals surface area (Å²) in [7, 11) is 3.26. The molecule has 0 N–H and O–H groups in total. The van der Waals surface area contributed by atoms with Crippen LogP contribution in [0.1, 0.15) is 50.5 Å². The van der Waals surface area contributed by atoms with Gasteiger partial charge in [0.15, 0.2) is 11.5 Å². The van der Waals surface area contributed by atoms with E-state index in [2.05, 4.69) is 15.9 Å². The predicted molar refractivity (Wildman–Crippen MR) is 111 cm³/mol. The Morgan fingerprint density at radius 3 is 2.32 bits per heavy atom. The molecular formula is C23H32N2O3. The van der Waals surface area contributed by atoms with E-state index in [-0.39, 0.29) is 5.91 Å². The van der Waals surface area contributed by atoms with E-state index in [4.69, 9.17) is 9.47 Å². The monoisotopic (exact) mass is 384 g/mol. The Morgan fingerprint density at radius 1 is 0.893 bits per heavy atom. The van der Waals surface area contributed by atoms with Gasteiger partial charge in [0.2, 0.25) is 0 Å². The van der Waals surface area contributed by atoms with Crippen LogP contribution < -0.4 is 9.47 Å². The van der Waals surface area contributed by atoms with Gasteiger partial charge in [-0.05, 0) is 62.9 Å². The van der Waals surface area contributed by atoms with Gasteiger partial charge < -0.3 is 14.4 Å². The van der Waals surface area contributed by atoms with E-state index in [0.717, 1.165) is 30.5 Å². The lowest BCUT2D eigenvalue weighted by Gasteiger charge is -2.45. The molecule has 2 fully saturated rings. The van der Waals surface area contributed by atoms with Crippen molar-refractivity contribution in [1.29, 1.82) is 0 Å². The first-order valence-corrected chi connectivity index (χ1v) is 10.7. The zero-order valence-electron chi connectivity index (χ0n) is 17.2. The minimum atomic E-state index is 0.176. The molecule has 0 unspecified atom stereocenters. The lowest BCUT2D eigenvalue weighted by molar-refractivity contribution is -0.130. The Balaban J connectivity index is 1.57. The highest BCUT2D eigenvalue weighted by atomic mass is 16.5. The second-order valence-corrected chi connectivity index (χ2v) is 8.14. The molecule has 0 aromatic heterocycles. The fourth-order valence-electron chi connectivity index (χ4n) is 5.21. The van der Waals surface area contributed by atoms with Crippen LogP contribution in [-0.4, -0.2) is 61.6 Å². The number of likely N-dealkylation sites (tertiary alicyclic amines) is 1. The predicted octanol–water partition coefficient (Wildman–Crippen LogP) is 3.73. The van der Waals surface area contributed by atoms with Crippen LogP contribution in [0.5, 0.6) is 11.5 Å². The van der Waals surface area contributed by atoms with Crippen molar-refractivity contribution in [2.24, 2.45) is 0 Å². The second-order valence-electron chi connectivity index (χ2n) is 8.14. The smallest absolute Gasteiger partial charge is 0.254 e. The molecule has 152 valence electrons. The van der Waals surface area contributed by atoms with Crippen molar-refractivity contribution in [1.82, 2.24) is 9.80 Å². The molecule has 0 spiro atoms. The summed E-state index contributed by atoms with van der Waals surface area (Å²) >= 11 is 0. The van der Waals surface area contributed by atoms with Crippen LogP contribution in [0, 0.1) is 0 Å². The van der Waals surface area contributed by atoms with Crippen LogP contribution in [0.2, 0.25) is 0 Å². The summed E-state index contributed by atoms with van der Waals surface area (Å²) in [6, 6.07) is 6.65. The van der Waals surface area contributed by atoms with Crippen LogP contribution in [0.25, 0.3) is 5.57 Å². The van der Waals surface area contributed by atoms with Crippen LogP contribution >= 0.6 is 0 Å². The highest BCUT2D eigenvalue weighted by Crippen LogP contribution is 2.35. The minimum absolute atomic E-state index is 0.176. The maximum atomic E-state index is 13.5. The summed E-state index contributed by atoms with van der Waals surface area (Å²) < 4.78 is 10.8. The van der Waals surface area contributed by atoms with E-state index < -0.39 is 0 Å². The molecule has 2 heterocycles. The van der Waals surface area contributed by atoms with Gasteiger partial charge in [-0.2, -0.15) is 0 Å². The number of ether oxygens (including phenoxy) is 2. The van der Waals surface area contributed by atoms with Gasteiger partial charge in [0.25, 0.3) is 5.91 Å². The van der Waals surface area contributed by atoms with Gasteiger partial charge >= 0.3 is 0 Å². The first-order chi connectivity index (χ1) is 13.7. The molecule has 5 heteroatoms. The Kier molecular flexibility index (Phi) is 5.90. The minimum Gasteiger partial charge on any atom is -0.493 e. The Labute approximate surface area is 168 Å². The molecule has 0 radical (unpaired) electrons. The van der Waals surface area contributed by atoms with Crippen LogP contribution in [0.15, 0.2) is 24.3 Å². The molecule has 1 saturated carbocycles. The number of rotatable bonds is 5. The number of hydrogen-bond acceptors (Lipinski definition) is 4. The van der Waals surface area contributed by atoms with Crippen molar-refractivity contribution in [3.8, 4) is 11.5 Å². The van der Waals surface area contributed by atoms with Crippen molar-refractivity contribution in [3.63, 3.8) is 0 Å². The van der Waals surface area contributed by atoms with Crippen molar-refractivity contribution in [2.45, 2.75) is 57.0 Å². The number of carbonyl (C=O) groups excluding carboxylic acids is 1. The summed E-state index contributed by atoms with van der Waals surface area (Å²) in [6.45, 7) is 3.23. The molecule has 1 aromatic rings. The fraction of sp³-hybridized carbons (Fsp3) is 0.609. The molecule has 3 aliphatic rings. The third-order valence-corrected chi connectivity index (χ3v) is 6.61. The number of carbonyl (C=O) groups is 1. The van der Waals surface area contributed by atoms with Gasteiger partial charge in [-0.25, -0.2) is 0 Å². The molecule has 28 heavy (non-hydrogen) atoms. The molecule has 1 aromatic carbocycles. The number of amides is 1. The van der Waals surface area contributed by atoms with Crippen LogP contribution in [-0.2, 0) is 4.79 Å². The average Bonchev–Trinajstić information content (AvgIpc) is 3.28. The first-order valence-electron chi connectivity index (χ1n) is 10.7. The molecule has 5 nitrogen and oxygen atoms in total. The second kappa shape index (κ2) is 8.56. The molecular weight excluding hydrogens is 352 g/mol. The van der Waals surface area contributed by atoms with Crippen molar-refractivity contribution in [3.05, 3.63) is 29.8 Å². The molecule has 2 aliphatic heterocycles. The zero-order valence-corrected chi connectivity index (χ0v) is 17.2. The van der Waals surface area contributed by atoms with Gasteiger partial charge in [0.05, 0.1) is 14.2 Å². The van der Waals surface area contributed by atoms with Crippen molar-refractivity contribution in [2.75, 3.05) is 33.9 Å². The third kappa shape index (κ3) is 3.64. The van der Waals surface area contributed by atoms with Gasteiger partial charge in [0, 0.05) is 24.2 Å². The topological polar surface area (TPSA) is 42.0 Å².